The first-order valence-corrected chi connectivity index (χ1v) is 6.85. The molecule has 1 aromatic rings. The molecule has 0 radical (unpaired) electrons. The van der Waals surface area contributed by atoms with Crippen molar-refractivity contribution >= 4 is 17.6 Å². The van der Waals surface area contributed by atoms with Crippen molar-refractivity contribution < 1.29 is 18.7 Å². The molecule has 0 aliphatic rings. The number of methoxy groups -OCH3 is 1. The second kappa shape index (κ2) is 8.36. The minimum atomic E-state index is -0.778. The number of anilines is 1. The molecule has 1 rings (SSSR count). The molecule has 1 amide bonds. The summed E-state index contributed by atoms with van der Waals surface area (Å²) >= 11 is 0. The van der Waals surface area contributed by atoms with Crippen LogP contribution in [0.5, 0.6) is 0 Å². The van der Waals surface area contributed by atoms with Crippen molar-refractivity contribution in [3.63, 3.8) is 0 Å². The lowest BCUT2D eigenvalue weighted by Crippen LogP contribution is -2.15. The van der Waals surface area contributed by atoms with Crippen molar-refractivity contribution in [3.8, 4) is 0 Å². The maximum absolute atomic E-state index is 13.5. The van der Waals surface area contributed by atoms with Crippen LogP contribution in [-0.4, -0.2) is 25.5 Å². The van der Waals surface area contributed by atoms with Crippen molar-refractivity contribution in [3.05, 3.63) is 29.6 Å². The zero-order valence-electron chi connectivity index (χ0n) is 12.3. The number of rotatable bonds is 7. The van der Waals surface area contributed by atoms with E-state index in [0.717, 1.165) is 18.9 Å². The number of carbonyl (C=O) groups is 2. The van der Waals surface area contributed by atoms with Crippen LogP contribution in [0.2, 0.25) is 0 Å². The molecule has 6 heteroatoms. The van der Waals surface area contributed by atoms with Gasteiger partial charge in [-0.05, 0) is 43.5 Å². The van der Waals surface area contributed by atoms with Crippen molar-refractivity contribution in [2.45, 2.75) is 26.2 Å². The first-order valence-electron chi connectivity index (χ1n) is 6.85. The highest BCUT2D eigenvalue weighted by Crippen LogP contribution is 2.17. The third-order valence-corrected chi connectivity index (χ3v) is 3.18. The monoisotopic (exact) mass is 296 g/mol. The van der Waals surface area contributed by atoms with E-state index in [0.29, 0.717) is 24.6 Å². The van der Waals surface area contributed by atoms with E-state index < -0.39 is 11.8 Å². The van der Waals surface area contributed by atoms with Crippen LogP contribution in [0, 0.1) is 11.7 Å². The summed E-state index contributed by atoms with van der Waals surface area (Å²) in [4.78, 5) is 23.2. The smallest absolute Gasteiger partial charge is 0.340 e. The van der Waals surface area contributed by atoms with Crippen LogP contribution in [-0.2, 0) is 9.53 Å². The van der Waals surface area contributed by atoms with Crippen molar-refractivity contribution in [2.24, 2.45) is 11.7 Å². The predicted molar refractivity (Wildman–Crippen MR) is 78.4 cm³/mol. The number of amides is 1. The second-order valence-corrected chi connectivity index (χ2v) is 4.96. The first kappa shape index (κ1) is 17.1. The van der Waals surface area contributed by atoms with Crippen LogP contribution < -0.4 is 11.1 Å². The van der Waals surface area contributed by atoms with Crippen LogP contribution in [0.4, 0.5) is 10.1 Å². The quantitative estimate of drug-likeness (QED) is 0.757. The minimum absolute atomic E-state index is 0.179. The third-order valence-electron chi connectivity index (χ3n) is 3.18. The number of ether oxygens (including phenoxy) is 1. The fraction of sp³-hybridized carbons (Fsp3) is 0.467. The highest BCUT2D eigenvalue weighted by atomic mass is 19.1. The van der Waals surface area contributed by atoms with Gasteiger partial charge < -0.3 is 15.8 Å². The lowest BCUT2D eigenvalue weighted by Gasteiger charge is -2.10. The van der Waals surface area contributed by atoms with Crippen LogP contribution >= 0.6 is 0 Å². The number of benzene rings is 1. The molecule has 0 aliphatic heterocycles. The van der Waals surface area contributed by atoms with E-state index >= 15 is 0 Å². The fourth-order valence-corrected chi connectivity index (χ4v) is 1.90. The van der Waals surface area contributed by atoms with Gasteiger partial charge in [0.05, 0.1) is 12.7 Å². The third kappa shape index (κ3) is 5.51. The molecule has 3 N–H and O–H groups in total. The minimum Gasteiger partial charge on any atom is -0.465 e. The molecule has 1 unspecified atom stereocenters. The summed E-state index contributed by atoms with van der Waals surface area (Å²) in [6.45, 7) is 2.64. The molecule has 0 aromatic heterocycles. The number of nitrogens with two attached hydrogens (primary N) is 1. The maximum atomic E-state index is 13.5. The fourth-order valence-electron chi connectivity index (χ4n) is 1.90. The van der Waals surface area contributed by atoms with Gasteiger partial charge in [0, 0.05) is 12.1 Å². The van der Waals surface area contributed by atoms with Gasteiger partial charge in [-0.2, -0.15) is 0 Å². The summed E-state index contributed by atoms with van der Waals surface area (Å²) in [6, 6.07) is 3.80. The molecule has 0 saturated carbocycles. The van der Waals surface area contributed by atoms with Crippen molar-refractivity contribution in [1.29, 1.82) is 0 Å². The Kier molecular flexibility index (Phi) is 6.81. The Labute approximate surface area is 123 Å². The summed E-state index contributed by atoms with van der Waals surface area (Å²) in [5.41, 5.74) is 5.62. The molecule has 21 heavy (non-hydrogen) atoms. The van der Waals surface area contributed by atoms with Crippen LogP contribution in [0.25, 0.3) is 0 Å². The van der Waals surface area contributed by atoms with Gasteiger partial charge in [0.2, 0.25) is 5.91 Å². The lowest BCUT2D eigenvalue weighted by molar-refractivity contribution is -0.116. The predicted octanol–water partition coefficient (Wildman–Crippen LogP) is 2.32. The van der Waals surface area contributed by atoms with Gasteiger partial charge in [-0.15, -0.1) is 0 Å². The van der Waals surface area contributed by atoms with E-state index in [1.807, 2.05) is 6.92 Å². The van der Waals surface area contributed by atoms with Crippen LogP contribution in [0.3, 0.4) is 0 Å². The Bertz CT molecular complexity index is 506. The van der Waals surface area contributed by atoms with E-state index in [9.17, 15) is 14.0 Å². The molecule has 0 spiro atoms. The van der Waals surface area contributed by atoms with Crippen molar-refractivity contribution in [1.82, 2.24) is 0 Å². The highest BCUT2D eigenvalue weighted by molar-refractivity contribution is 5.94. The number of hydrogen-bond acceptors (Lipinski definition) is 4. The average molecular weight is 296 g/mol. The maximum Gasteiger partial charge on any atom is 0.340 e. The van der Waals surface area contributed by atoms with Gasteiger partial charge in [-0.3, -0.25) is 4.79 Å². The van der Waals surface area contributed by atoms with Gasteiger partial charge >= 0.3 is 5.97 Å². The Morgan fingerprint density at radius 1 is 1.38 bits per heavy atom. The SMILES string of the molecule is COC(=O)c1cc(NC(=O)CCC(C)CCN)ccc1F. The lowest BCUT2D eigenvalue weighted by atomic mass is 10.0. The molecular formula is C15H21FN2O3. The summed E-state index contributed by atoms with van der Waals surface area (Å²) in [6.07, 6.45) is 1.95. The molecule has 0 heterocycles. The van der Waals surface area contributed by atoms with Crippen molar-refractivity contribution in [2.75, 3.05) is 19.0 Å². The van der Waals surface area contributed by atoms with E-state index in [-0.39, 0.29) is 11.5 Å². The Balaban J connectivity index is 2.62. The second-order valence-electron chi connectivity index (χ2n) is 4.96. The summed E-state index contributed by atoms with van der Waals surface area (Å²) in [5.74, 6) is -1.27. The highest BCUT2D eigenvalue weighted by Gasteiger charge is 2.14. The number of hydrogen-bond donors (Lipinski definition) is 2. The van der Waals surface area contributed by atoms with Gasteiger partial charge in [-0.1, -0.05) is 6.92 Å². The van der Waals surface area contributed by atoms with Crippen LogP contribution in [0.1, 0.15) is 36.5 Å². The Hall–Kier alpha value is -1.95. The van der Waals surface area contributed by atoms with Crippen LogP contribution in [0.15, 0.2) is 18.2 Å². The Morgan fingerprint density at radius 3 is 2.71 bits per heavy atom. The molecule has 0 aliphatic carbocycles. The van der Waals surface area contributed by atoms with Gasteiger partial charge in [-0.25, -0.2) is 9.18 Å². The van der Waals surface area contributed by atoms with Gasteiger partial charge in [0.25, 0.3) is 0 Å². The Morgan fingerprint density at radius 2 is 2.10 bits per heavy atom. The van der Waals surface area contributed by atoms with Gasteiger partial charge in [0.1, 0.15) is 5.82 Å². The van der Waals surface area contributed by atoms with E-state index in [4.69, 9.17) is 5.73 Å². The topological polar surface area (TPSA) is 81.4 Å². The molecular weight excluding hydrogens is 275 g/mol. The molecule has 1 aromatic carbocycles. The summed E-state index contributed by atoms with van der Waals surface area (Å²) in [5, 5.41) is 2.64. The van der Waals surface area contributed by atoms with E-state index in [1.54, 1.807) is 0 Å². The number of halogens is 1. The zero-order chi connectivity index (χ0) is 15.8. The molecule has 5 nitrogen and oxygen atoms in total. The van der Waals surface area contributed by atoms with E-state index in [1.165, 1.54) is 19.2 Å². The summed E-state index contributed by atoms with van der Waals surface area (Å²) < 4.78 is 17.9. The zero-order valence-corrected chi connectivity index (χ0v) is 12.3. The molecule has 0 saturated heterocycles. The standard InChI is InChI=1S/C15H21FN2O3/c1-10(7-8-17)3-6-14(19)18-11-4-5-13(16)12(9-11)15(20)21-2/h4-5,9-10H,3,6-8,17H2,1-2H3,(H,18,19). The normalized spacial score (nSPS) is 11.8. The summed E-state index contributed by atoms with van der Waals surface area (Å²) in [7, 11) is 1.17. The molecule has 0 fully saturated rings. The number of esters is 1. The molecule has 116 valence electrons. The number of nitrogens with one attached hydrogen (secondary N) is 1. The average Bonchev–Trinajstić information content (AvgIpc) is 2.46. The molecule has 0 bridgehead atoms. The van der Waals surface area contributed by atoms with Gasteiger partial charge in [0.15, 0.2) is 0 Å². The van der Waals surface area contributed by atoms with E-state index in [2.05, 4.69) is 10.1 Å². The molecule has 1 atom stereocenters. The first-order chi connectivity index (χ1) is 9.97. The largest absolute Gasteiger partial charge is 0.465 e. The number of carbonyl (C=O) groups excluding carboxylic acids is 2.